The second-order valence-electron chi connectivity index (χ2n) is 4.50. The SMILES string of the molecule is COC1CCC2(CC1)CC(O)C2. The predicted octanol–water partition coefficient (Wildman–Crippen LogP) is 1.72. The molecule has 1 N–H and O–H groups in total. The summed E-state index contributed by atoms with van der Waals surface area (Å²) >= 11 is 0. The van der Waals surface area contributed by atoms with Gasteiger partial charge in [-0.3, -0.25) is 0 Å². The van der Waals surface area contributed by atoms with E-state index in [0.717, 1.165) is 12.8 Å². The number of methoxy groups -OCH3 is 1. The van der Waals surface area contributed by atoms with Crippen LogP contribution in [0.15, 0.2) is 0 Å². The third-order valence-corrected chi connectivity index (χ3v) is 3.66. The normalized spacial score (nSPS) is 47.5. The van der Waals surface area contributed by atoms with E-state index in [2.05, 4.69) is 0 Å². The molecule has 2 nitrogen and oxygen atoms in total. The highest BCUT2D eigenvalue weighted by molar-refractivity contribution is 4.96. The summed E-state index contributed by atoms with van der Waals surface area (Å²) in [5.41, 5.74) is 0.522. The largest absolute Gasteiger partial charge is 0.393 e. The first-order valence-corrected chi connectivity index (χ1v) is 4.95. The van der Waals surface area contributed by atoms with Crippen LogP contribution in [0.3, 0.4) is 0 Å². The summed E-state index contributed by atoms with van der Waals surface area (Å²) in [6.07, 6.45) is 7.52. The Morgan fingerprint density at radius 3 is 2.25 bits per heavy atom. The molecule has 0 aromatic rings. The fourth-order valence-corrected chi connectivity index (χ4v) is 2.79. The first-order valence-electron chi connectivity index (χ1n) is 4.95. The minimum Gasteiger partial charge on any atom is -0.393 e. The number of aliphatic hydroxyl groups excluding tert-OH is 1. The number of hydrogen-bond donors (Lipinski definition) is 1. The molecule has 0 unspecified atom stereocenters. The molecule has 0 aromatic carbocycles. The lowest BCUT2D eigenvalue weighted by atomic mass is 9.59. The Kier molecular flexibility index (Phi) is 2.13. The topological polar surface area (TPSA) is 29.5 Å². The van der Waals surface area contributed by atoms with E-state index in [4.69, 9.17) is 4.74 Å². The first kappa shape index (κ1) is 8.52. The molecular formula is C10H18O2. The van der Waals surface area contributed by atoms with Crippen molar-refractivity contribution in [3.8, 4) is 0 Å². The zero-order valence-electron chi connectivity index (χ0n) is 7.75. The molecule has 0 amide bonds. The molecule has 2 aliphatic rings. The third kappa shape index (κ3) is 1.38. The summed E-state index contributed by atoms with van der Waals surface area (Å²) in [5, 5.41) is 9.26. The van der Waals surface area contributed by atoms with Crippen LogP contribution in [0.5, 0.6) is 0 Å². The highest BCUT2D eigenvalue weighted by atomic mass is 16.5. The Hall–Kier alpha value is -0.0800. The lowest BCUT2D eigenvalue weighted by Crippen LogP contribution is -2.44. The van der Waals surface area contributed by atoms with Crippen LogP contribution in [0.25, 0.3) is 0 Å². The quantitative estimate of drug-likeness (QED) is 0.649. The molecule has 1 spiro atoms. The predicted molar refractivity (Wildman–Crippen MR) is 46.9 cm³/mol. The molecule has 0 saturated heterocycles. The molecule has 0 aliphatic heterocycles. The van der Waals surface area contributed by atoms with Crippen molar-refractivity contribution in [2.45, 2.75) is 50.7 Å². The molecule has 2 heteroatoms. The smallest absolute Gasteiger partial charge is 0.0571 e. The molecule has 70 valence electrons. The van der Waals surface area contributed by atoms with E-state index in [1.807, 2.05) is 0 Å². The molecule has 0 radical (unpaired) electrons. The molecule has 2 fully saturated rings. The van der Waals surface area contributed by atoms with Crippen LogP contribution in [0, 0.1) is 5.41 Å². The molecule has 0 atom stereocenters. The van der Waals surface area contributed by atoms with E-state index < -0.39 is 0 Å². The summed E-state index contributed by atoms with van der Waals surface area (Å²) in [6, 6.07) is 0. The van der Waals surface area contributed by atoms with Crippen molar-refractivity contribution in [1.29, 1.82) is 0 Å². The van der Waals surface area contributed by atoms with Crippen LogP contribution < -0.4 is 0 Å². The Balaban J connectivity index is 1.83. The third-order valence-electron chi connectivity index (χ3n) is 3.66. The maximum absolute atomic E-state index is 9.26. The number of hydrogen-bond acceptors (Lipinski definition) is 2. The van der Waals surface area contributed by atoms with Crippen molar-refractivity contribution < 1.29 is 9.84 Å². The fraction of sp³-hybridized carbons (Fsp3) is 1.00. The van der Waals surface area contributed by atoms with E-state index in [1.165, 1.54) is 25.7 Å². The monoisotopic (exact) mass is 170 g/mol. The van der Waals surface area contributed by atoms with E-state index in [0.29, 0.717) is 11.5 Å². The summed E-state index contributed by atoms with van der Waals surface area (Å²) in [6.45, 7) is 0. The fourth-order valence-electron chi connectivity index (χ4n) is 2.79. The van der Waals surface area contributed by atoms with Gasteiger partial charge in [0.05, 0.1) is 12.2 Å². The number of ether oxygens (including phenoxy) is 1. The van der Waals surface area contributed by atoms with Gasteiger partial charge in [0.15, 0.2) is 0 Å². The van der Waals surface area contributed by atoms with Gasteiger partial charge < -0.3 is 9.84 Å². The van der Waals surface area contributed by atoms with Crippen LogP contribution >= 0.6 is 0 Å². The van der Waals surface area contributed by atoms with Crippen LogP contribution in [-0.2, 0) is 4.74 Å². The second-order valence-corrected chi connectivity index (χ2v) is 4.50. The van der Waals surface area contributed by atoms with Gasteiger partial charge in [-0.25, -0.2) is 0 Å². The molecular weight excluding hydrogens is 152 g/mol. The van der Waals surface area contributed by atoms with Gasteiger partial charge in [0.25, 0.3) is 0 Å². The molecule has 2 aliphatic carbocycles. The van der Waals surface area contributed by atoms with E-state index in [-0.39, 0.29) is 6.10 Å². The van der Waals surface area contributed by atoms with Crippen molar-refractivity contribution in [2.75, 3.05) is 7.11 Å². The van der Waals surface area contributed by atoms with Crippen LogP contribution in [0.4, 0.5) is 0 Å². The zero-order chi connectivity index (χ0) is 8.60. The van der Waals surface area contributed by atoms with Crippen molar-refractivity contribution in [3.05, 3.63) is 0 Å². The standard InChI is InChI=1S/C10H18O2/c1-12-9-2-4-10(5-3-9)6-8(11)7-10/h8-9,11H,2-7H2,1H3. The second kappa shape index (κ2) is 3.00. The highest BCUT2D eigenvalue weighted by Gasteiger charge is 2.45. The van der Waals surface area contributed by atoms with E-state index >= 15 is 0 Å². The maximum Gasteiger partial charge on any atom is 0.0571 e. The molecule has 0 heterocycles. The van der Waals surface area contributed by atoms with Gasteiger partial charge in [-0.15, -0.1) is 0 Å². The Morgan fingerprint density at radius 1 is 1.25 bits per heavy atom. The highest BCUT2D eigenvalue weighted by Crippen LogP contribution is 2.51. The van der Waals surface area contributed by atoms with Gasteiger partial charge in [-0.1, -0.05) is 0 Å². The summed E-state index contributed by atoms with van der Waals surface area (Å²) in [4.78, 5) is 0. The van der Waals surface area contributed by atoms with Gasteiger partial charge in [0.1, 0.15) is 0 Å². The first-order chi connectivity index (χ1) is 5.74. The summed E-state index contributed by atoms with van der Waals surface area (Å²) in [7, 11) is 1.80. The number of rotatable bonds is 1. The maximum atomic E-state index is 9.26. The minimum atomic E-state index is 0.00379. The summed E-state index contributed by atoms with van der Waals surface area (Å²) < 4.78 is 5.32. The molecule has 0 bridgehead atoms. The zero-order valence-corrected chi connectivity index (χ0v) is 7.75. The van der Waals surface area contributed by atoms with Crippen LogP contribution in [-0.4, -0.2) is 24.4 Å². The van der Waals surface area contributed by atoms with E-state index in [1.54, 1.807) is 7.11 Å². The van der Waals surface area contributed by atoms with Gasteiger partial charge in [0, 0.05) is 7.11 Å². The molecule has 2 saturated carbocycles. The van der Waals surface area contributed by atoms with Gasteiger partial charge in [0.2, 0.25) is 0 Å². The van der Waals surface area contributed by atoms with Crippen molar-refractivity contribution >= 4 is 0 Å². The Bertz CT molecular complexity index is 151. The summed E-state index contributed by atoms with van der Waals surface area (Å²) in [5.74, 6) is 0. The molecule has 0 aromatic heterocycles. The average molecular weight is 170 g/mol. The Labute approximate surface area is 73.9 Å². The van der Waals surface area contributed by atoms with Crippen molar-refractivity contribution in [3.63, 3.8) is 0 Å². The van der Waals surface area contributed by atoms with Gasteiger partial charge in [-0.2, -0.15) is 0 Å². The average Bonchev–Trinajstić information content (AvgIpc) is 2.04. The van der Waals surface area contributed by atoms with Gasteiger partial charge >= 0.3 is 0 Å². The van der Waals surface area contributed by atoms with E-state index in [9.17, 15) is 5.11 Å². The van der Waals surface area contributed by atoms with Crippen LogP contribution in [0.1, 0.15) is 38.5 Å². The lowest BCUT2D eigenvalue weighted by Gasteiger charge is -2.49. The molecule has 2 rings (SSSR count). The van der Waals surface area contributed by atoms with Crippen molar-refractivity contribution in [2.24, 2.45) is 5.41 Å². The van der Waals surface area contributed by atoms with Crippen molar-refractivity contribution in [1.82, 2.24) is 0 Å². The molecule has 12 heavy (non-hydrogen) atoms. The number of aliphatic hydroxyl groups is 1. The Morgan fingerprint density at radius 2 is 1.83 bits per heavy atom. The minimum absolute atomic E-state index is 0.00379. The lowest BCUT2D eigenvalue weighted by molar-refractivity contribution is -0.0791. The van der Waals surface area contributed by atoms with Gasteiger partial charge in [-0.05, 0) is 43.9 Å². The van der Waals surface area contributed by atoms with Crippen LogP contribution in [0.2, 0.25) is 0 Å².